The van der Waals surface area contributed by atoms with E-state index >= 15 is 0 Å². The molecule has 0 aliphatic carbocycles. The average Bonchev–Trinajstić information content (AvgIpc) is 2.97. The highest BCUT2D eigenvalue weighted by Gasteiger charge is 2.23. The molecule has 3 aromatic rings. The summed E-state index contributed by atoms with van der Waals surface area (Å²) in [4.78, 5) is 0.0992. The van der Waals surface area contributed by atoms with Crippen molar-refractivity contribution in [3.8, 4) is 17.3 Å². The summed E-state index contributed by atoms with van der Waals surface area (Å²) >= 11 is 15.8. The van der Waals surface area contributed by atoms with Crippen LogP contribution in [0, 0.1) is 11.3 Å². The van der Waals surface area contributed by atoms with E-state index in [-0.39, 0.29) is 21.2 Å². The van der Waals surface area contributed by atoms with Crippen LogP contribution < -0.4 is 4.72 Å². The molecule has 0 saturated heterocycles. The first-order chi connectivity index (χ1) is 12.3. The van der Waals surface area contributed by atoms with Gasteiger partial charge in [0.2, 0.25) is 0 Å². The lowest BCUT2D eigenvalue weighted by atomic mass is 10.1. The third kappa shape index (κ3) is 3.66. The molecule has 0 saturated carbocycles. The Morgan fingerprint density at radius 2 is 1.77 bits per heavy atom. The van der Waals surface area contributed by atoms with Gasteiger partial charge in [0.25, 0.3) is 10.0 Å². The largest absolute Gasteiger partial charge is 0.274 e. The standard InChI is InChI=1S/C16H10Cl2N4O2S2/c17-10-3-1-9(2-4-10)15-12(8-19)16(21-20-15)22-26(23,24)14-6-5-11(18)7-13(14)25/h1-7,25H,(H2,20,21,22). The van der Waals surface area contributed by atoms with Crippen LogP contribution in [0.1, 0.15) is 5.56 Å². The van der Waals surface area contributed by atoms with Crippen LogP contribution in [-0.4, -0.2) is 18.6 Å². The zero-order valence-electron chi connectivity index (χ0n) is 12.9. The van der Waals surface area contributed by atoms with E-state index in [2.05, 4.69) is 27.5 Å². The van der Waals surface area contributed by atoms with Gasteiger partial charge in [-0.05, 0) is 30.3 Å². The maximum absolute atomic E-state index is 12.6. The van der Waals surface area contributed by atoms with Crippen molar-refractivity contribution in [2.75, 3.05) is 4.72 Å². The number of nitrogens with one attached hydrogen (secondary N) is 2. The first-order valence-electron chi connectivity index (χ1n) is 7.07. The van der Waals surface area contributed by atoms with Gasteiger partial charge in [-0.25, -0.2) is 8.42 Å². The van der Waals surface area contributed by atoms with E-state index in [0.717, 1.165) is 0 Å². The van der Waals surface area contributed by atoms with Crippen molar-refractivity contribution < 1.29 is 8.42 Å². The normalized spacial score (nSPS) is 11.2. The molecule has 0 aliphatic rings. The number of thiol groups is 1. The molecule has 0 radical (unpaired) electrons. The Hall–Kier alpha value is -2.18. The molecule has 0 bridgehead atoms. The van der Waals surface area contributed by atoms with E-state index in [1.54, 1.807) is 24.3 Å². The van der Waals surface area contributed by atoms with Crippen LogP contribution >= 0.6 is 35.8 Å². The number of hydrogen-bond donors (Lipinski definition) is 3. The van der Waals surface area contributed by atoms with Gasteiger partial charge in [0, 0.05) is 20.5 Å². The molecule has 0 atom stereocenters. The minimum absolute atomic E-state index is 0.0607. The lowest BCUT2D eigenvalue weighted by molar-refractivity contribution is 0.599. The molecule has 6 nitrogen and oxygen atoms in total. The van der Waals surface area contributed by atoms with Crippen molar-refractivity contribution in [2.45, 2.75) is 9.79 Å². The Morgan fingerprint density at radius 3 is 2.38 bits per heavy atom. The Morgan fingerprint density at radius 1 is 1.12 bits per heavy atom. The first kappa shape index (κ1) is 18.6. The van der Waals surface area contributed by atoms with Crippen molar-refractivity contribution >= 4 is 51.7 Å². The van der Waals surface area contributed by atoms with Gasteiger partial charge < -0.3 is 0 Å². The number of nitriles is 1. The molecule has 26 heavy (non-hydrogen) atoms. The van der Waals surface area contributed by atoms with Gasteiger partial charge in [0.1, 0.15) is 16.5 Å². The van der Waals surface area contributed by atoms with Gasteiger partial charge in [0.05, 0.1) is 5.69 Å². The minimum Gasteiger partial charge on any atom is -0.274 e. The van der Waals surface area contributed by atoms with E-state index in [0.29, 0.717) is 21.3 Å². The molecule has 2 N–H and O–H groups in total. The fourth-order valence-corrected chi connectivity index (χ4v) is 4.29. The molecular weight excluding hydrogens is 415 g/mol. The molecule has 1 heterocycles. The molecule has 2 aromatic carbocycles. The SMILES string of the molecule is N#Cc1c(NS(=O)(=O)c2ccc(Cl)cc2S)n[nH]c1-c1ccc(Cl)cc1. The molecule has 0 spiro atoms. The Bertz CT molecular complexity index is 1120. The number of hydrogen-bond acceptors (Lipinski definition) is 5. The summed E-state index contributed by atoms with van der Waals surface area (Å²) in [5.74, 6) is -0.111. The van der Waals surface area contributed by atoms with E-state index in [4.69, 9.17) is 23.2 Å². The number of anilines is 1. The average molecular weight is 425 g/mol. The van der Waals surface area contributed by atoms with Gasteiger partial charge in [-0.1, -0.05) is 35.3 Å². The van der Waals surface area contributed by atoms with Crippen LogP contribution in [0.25, 0.3) is 11.3 Å². The highest BCUT2D eigenvalue weighted by Crippen LogP contribution is 2.30. The molecule has 0 amide bonds. The zero-order valence-corrected chi connectivity index (χ0v) is 16.1. The molecule has 0 unspecified atom stereocenters. The summed E-state index contributed by atoms with van der Waals surface area (Å²) in [6.45, 7) is 0. The number of benzene rings is 2. The molecular formula is C16H10Cl2N4O2S2. The van der Waals surface area contributed by atoms with Crippen molar-refractivity contribution in [3.63, 3.8) is 0 Å². The fourth-order valence-electron chi connectivity index (χ4n) is 2.25. The van der Waals surface area contributed by atoms with Crippen molar-refractivity contribution in [2.24, 2.45) is 0 Å². The van der Waals surface area contributed by atoms with Crippen LogP contribution in [0.5, 0.6) is 0 Å². The lowest BCUT2D eigenvalue weighted by Gasteiger charge is -2.08. The third-order valence-electron chi connectivity index (χ3n) is 3.45. The van der Waals surface area contributed by atoms with E-state index in [1.807, 2.05) is 6.07 Å². The van der Waals surface area contributed by atoms with Gasteiger partial charge in [-0.2, -0.15) is 10.4 Å². The topological polar surface area (TPSA) is 98.6 Å². The lowest BCUT2D eigenvalue weighted by Crippen LogP contribution is -2.14. The van der Waals surface area contributed by atoms with Gasteiger partial charge in [-0.15, -0.1) is 12.6 Å². The molecule has 132 valence electrons. The number of nitrogens with zero attached hydrogens (tertiary/aromatic N) is 2. The van der Waals surface area contributed by atoms with Crippen molar-refractivity contribution in [1.82, 2.24) is 10.2 Å². The van der Waals surface area contributed by atoms with Crippen LogP contribution in [0.2, 0.25) is 10.0 Å². The summed E-state index contributed by atoms with van der Waals surface area (Å²) < 4.78 is 27.5. The maximum atomic E-state index is 12.6. The van der Waals surface area contributed by atoms with Crippen molar-refractivity contribution in [3.05, 3.63) is 58.1 Å². The summed E-state index contributed by atoms with van der Waals surface area (Å²) in [6, 6.07) is 12.8. The smallest absolute Gasteiger partial charge is 0.264 e. The van der Waals surface area contributed by atoms with Crippen LogP contribution in [0.4, 0.5) is 5.82 Å². The highest BCUT2D eigenvalue weighted by atomic mass is 35.5. The predicted octanol–water partition coefficient (Wildman–Crippen LogP) is 4.34. The number of halogens is 2. The number of sulfonamides is 1. The number of rotatable bonds is 4. The van der Waals surface area contributed by atoms with Gasteiger partial charge >= 0.3 is 0 Å². The van der Waals surface area contributed by atoms with E-state index in [1.165, 1.54) is 18.2 Å². The number of H-pyrrole nitrogens is 1. The van der Waals surface area contributed by atoms with E-state index < -0.39 is 10.0 Å². The second kappa shape index (κ2) is 7.21. The fraction of sp³-hybridized carbons (Fsp3) is 0. The molecule has 1 aromatic heterocycles. The summed E-state index contributed by atoms with van der Waals surface area (Å²) in [6.07, 6.45) is 0. The quantitative estimate of drug-likeness (QED) is 0.542. The maximum Gasteiger partial charge on any atom is 0.264 e. The predicted molar refractivity (Wildman–Crippen MR) is 103 cm³/mol. The Labute approximate surface area is 165 Å². The summed E-state index contributed by atoms with van der Waals surface area (Å²) in [7, 11) is -4.01. The van der Waals surface area contributed by atoms with Crippen molar-refractivity contribution in [1.29, 1.82) is 5.26 Å². The summed E-state index contributed by atoms with van der Waals surface area (Å²) in [5.41, 5.74) is 1.08. The first-order valence-corrected chi connectivity index (χ1v) is 9.76. The van der Waals surface area contributed by atoms with Crippen LogP contribution in [-0.2, 0) is 10.0 Å². The number of aromatic amines is 1. The molecule has 0 fully saturated rings. The van der Waals surface area contributed by atoms with Gasteiger partial charge in [0.15, 0.2) is 5.82 Å². The molecule has 10 heteroatoms. The minimum atomic E-state index is -4.01. The number of aromatic nitrogens is 2. The van der Waals surface area contributed by atoms with E-state index in [9.17, 15) is 13.7 Å². The summed E-state index contributed by atoms with van der Waals surface area (Å²) in [5, 5.41) is 17.0. The van der Waals surface area contributed by atoms with Crippen LogP contribution in [0.15, 0.2) is 52.3 Å². The second-order valence-corrected chi connectivity index (χ2v) is 8.16. The molecule has 0 aliphatic heterocycles. The Balaban J connectivity index is 2.00. The second-order valence-electron chi connectivity index (χ2n) is 5.16. The highest BCUT2D eigenvalue weighted by molar-refractivity contribution is 7.93. The molecule has 3 rings (SSSR count). The van der Waals surface area contributed by atoms with Gasteiger partial charge in [-0.3, -0.25) is 9.82 Å². The zero-order chi connectivity index (χ0) is 18.9. The Kier molecular flexibility index (Phi) is 5.16. The third-order valence-corrected chi connectivity index (χ3v) is 5.86. The monoisotopic (exact) mass is 424 g/mol. The van der Waals surface area contributed by atoms with Crippen LogP contribution in [0.3, 0.4) is 0 Å².